The van der Waals surface area contributed by atoms with Crippen LogP contribution < -0.4 is 15.5 Å². The lowest BCUT2D eigenvalue weighted by Crippen LogP contribution is -2.46. The summed E-state index contributed by atoms with van der Waals surface area (Å²) >= 11 is 0. The van der Waals surface area contributed by atoms with Crippen LogP contribution in [-0.4, -0.2) is 50.6 Å². The van der Waals surface area contributed by atoms with E-state index in [9.17, 15) is 0 Å². The third-order valence-corrected chi connectivity index (χ3v) is 5.92. The molecule has 2 heterocycles. The summed E-state index contributed by atoms with van der Waals surface area (Å²) < 4.78 is 5.39. The van der Waals surface area contributed by atoms with Crippen molar-refractivity contribution in [3.8, 4) is 0 Å². The highest BCUT2D eigenvalue weighted by molar-refractivity contribution is 5.79. The molecular weight excluding hydrogens is 398 g/mol. The molecule has 0 spiro atoms. The van der Waals surface area contributed by atoms with Crippen molar-refractivity contribution in [2.75, 3.05) is 44.7 Å². The highest BCUT2D eigenvalue weighted by atomic mass is 16.3. The number of guanidine groups is 1. The third kappa shape index (κ3) is 6.14. The maximum absolute atomic E-state index is 5.39. The van der Waals surface area contributed by atoms with Gasteiger partial charge in [0, 0.05) is 65.0 Å². The van der Waals surface area contributed by atoms with Crippen LogP contribution in [0.25, 0.3) is 0 Å². The Hall–Kier alpha value is -3.25. The lowest BCUT2D eigenvalue weighted by molar-refractivity contribution is 0.249. The fraction of sp³-hybridized carbons (Fsp3) is 0.346. The first kappa shape index (κ1) is 22.0. The number of rotatable bonds is 8. The van der Waals surface area contributed by atoms with Crippen LogP contribution in [0.3, 0.4) is 0 Å². The van der Waals surface area contributed by atoms with E-state index in [1.807, 2.05) is 12.1 Å². The summed E-state index contributed by atoms with van der Waals surface area (Å²) in [5.41, 5.74) is 4.01. The largest absolute Gasteiger partial charge is 0.469 e. The number of nitrogens with one attached hydrogen (secondary N) is 2. The van der Waals surface area contributed by atoms with Gasteiger partial charge in [0.05, 0.1) is 6.26 Å². The predicted molar refractivity (Wildman–Crippen MR) is 131 cm³/mol. The van der Waals surface area contributed by atoms with Crippen molar-refractivity contribution in [3.05, 3.63) is 89.9 Å². The Morgan fingerprint density at radius 3 is 2.34 bits per heavy atom. The zero-order valence-electron chi connectivity index (χ0n) is 18.8. The van der Waals surface area contributed by atoms with Crippen LogP contribution in [0.5, 0.6) is 0 Å². The molecule has 1 saturated heterocycles. The SMILES string of the molecule is CN=C(NCCc1ccco1)NCc1ccccc1CN1CCN(c2ccccc2)CC1. The predicted octanol–water partition coefficient (Wildman–Crippen LogP) is 3.51. The zero-order chi connectivity index (χ0) is 22.0. The average Bonchev–Trinajstić information content (AvgIpc) is 3.37. The van der Waals surface area contributed by atoms with E-state index in [1.54, 1.807) is 13.3 Å². The second-order valence-corrected chi connectivity index (χ2v) is 8.05. The Bertz CT molecular complexity index is 963. The summed E-state index contributed by atoms with van der Waals surface area (Å²) in [5, 5.41) is 6.82. The van der Waals surface area contributed by atoms with Crippen molar-refractivity contribution in [2.24, 2.45) is 4.99 Å². The van der Waals surface area contributed by atoms with Crippen LogP contribution in [0.15, 0.2) is 82.4 Å². The molecule has 6 nitrogen and oxygen atoms in total. The maximum Gasteiger partial charge on any atom is 0.191 e. The van der Waals surface area contributed by atoms with Gasteiger partial charge in [0.15, 0.2) is 5.96 Å². The molecule has 0 atom stereocenters. The first-order chi connectivity index (χ1) is 15.8. The van der Waals surface area contributed by atoms with Crippen molar-refractivity contribution in [1.29, 1.82) is 0 Å². The van der Waals surface area contributed by atoms with Gasteiger partial charge in [0.25, 0.3) is 0 Å². The van der Waals surface area contributed by atoms with E-state index in [4.69, 9.17) is 4.42 Å². The fourth-order valence-corrected chi connectivity index (χ4v) is 4.09. The summed E-state index contributed by atoms with van der Waals surface area (Å²) in [6.07, 6.45) is 2.54. The maximum atomic E-state index is 5.39. The summed E-state index contributed by atoms with van der Waals surface area (Å²) in [7, 11) is 1.81. The second kappa shape index (κ2) is 11.4. The Morgan fingerprint density at radius 1 is 0.875 bits per heavy atom. The van der Waals surface area contributed by atoms with Crippen molar-refractivity contribution in [1.82, 2.24) is 15.5 Å². The van der Waals surface area contributed by atoms with Gasteiger partial charge in [-0.05, 0) is 35.4 Å². The number of hydrogen-bond acceptors (Lipinski definition) is 4. The van der Waals surface area contributed by atoms with Crippen molar-refractivity contribution in [3.63, 3.8) is 0 Å². The molecule has 1 fully saturated rings. The number of furan rings is 1. The number of benzene rings is 2. The van der Waals surface area contributed by atoms with Crippen LogP contribution in [-0.2, 0) is 19.5 Å². The molecule has 1 aromatic heterocycles. The van der Waals surface area contributed by atoms with Gasteiger partial charge in [-0.1, -0.05) is 42.5 Å². The van der Waals surface area contributed by atoms with E-state index in [0.717, 1.165) is 64.0 Å². The van der Waals surface area contributed by atoms with Gasteiger partial charge in [0.1, 0.15) is 5.76 Å². The highest BCUT2D eigenvalue weighted by Crippen LogP contribution is 2.18. The molecule has 168 valence electrons. The van der Waals surface area contributed by atoms with Gasteiger partial charge < -0.3 is 20.0 Å². The molecule has 0 amide bonds. The van der Waals surface area contributed by atoms with E-state index < -0.39 is 0 Å². The summed E-state index contributed by atoms with van der Waals surface area (Å²) in [4.78, 5) is 9.38. The van der Waals surface area contributed by atoms with Gasteiger partial charge in [-0.25, -0.2) is 0 Å². The first-order valence-electron chi connectivity index (χ1n) is 11.4. The summed E-state index contributed by atoms with van der Waals surface area (Å²) in [5.74, 6) is 1.79. The molecule has 0 unspecified atom stereocenters. The van der Waals surface area contributed by atoms with E-state index >= 15 is 0 Å². The highest BCUT2D eigenvalue weighted by Gasteiger charge is 2.18. The topological polar surface area (TPSA) is 56.0 Å². The standard InChI is InChI=1S/C26H33N5O/c1-27-26(28-14-13-25-12-7-19-32-25)29-20-22-8-5-6-9-23(22)21-30-15-17-31(18-16-30)24-10-3-2-4-11-24/h2-12,19H,13-18,20-21H2,1H3,(H2,27,28,29). The molecule has 1 aliphatic rings. The molecule has 0 aliphatic carbocycles. The normalized spacial score (nSPS) is 15.0. The minimum absolute atomic E-state index is 0.751. The Balaban J connectivity index is 1.26. The number of piperazine rings is 1. The lowest BCUT2D eigenvalue weighted by atomic mass is 10.1. The number of aliphatic imine (C=N–C) groups is 1. The first-order valence-corrected chi connectivity index (χ1v) is 11.4. The number of anilines is 1. The van der Waals surface area contributed by atoms with Crippen molar-refractivity contribution in [2.45, 2.75) is 19.5 Å². The van der Waals surface area contributed by atoms with E-state index in [1.165, 1.54) is 16.8 Å². The molecule has 0 bridgehead atoms. The van der Waals surface area contributed by atoms with Gasteiger partial charge >= 0.3 is 0 Å². The Labute approximate surface area is 190 Å². The Kier molecular flexibility index (Phi) is 7.82. The molecule has 2 aromatic carbocycles. The summed E-state index contributed by atoms with van der Waals surface area (Å²) in [6, 6.07) is 23.3. The minimum atomic E-state index is 0.751. The van der Waals surface area contributed by atoms with E-state index in [0.29, 0.717) is 0 Å². The molecule has 0 saturated carbocycles. The van der Waals surface area contributed by atoms with Crippen LogP contribution >= 0.6 is 0 Å². The molecule has 0 radical (unpaired) electrons. The molecule has 2 N–H and O–H groups in total. The smallest absolute Gasteiger partial charge is 0.191 e. The third-order valence-electron chi connectivity index (χ3n) is 5.92. The molecule has 6 heteroatoms. The average molecular weight is 432 g/mol. The monoisotopic (exact) mass is 431 g/mol. The molecular formula is C26H33N5O. The number of para-hydroxylation sites is 1. The van der Waals surface area contributed by atoms with Crippen molar-refractivity contribution < 1.29 is 4.42 Å². The van der Waals surface area contributed by atoms with Gasteiger partial charge in [-0.15, -0.1) is 0 Å². The molecule has 1 aliphatic heterocycles. The van der Waals surface area contributed by atoms with Crippen LogP contribution in [0.4, 0.5) is 5.69 Å². The van der Waals surface area contributed by atoms with Crippen molar-refractivity contribution >= 4 is 11.6 Å². The Morgan fingerprint density at radius 2 is 1.62 bits per heavy atom. The minimum Gasteiger partial charge on any atom is -0.469 e. The molecule has 4 rings (SSSR count). The van der Waals surface area contributed by atoms with Crippen LogP contribution in [0.2, 0.25) is 0 Å². The fourth-order valence-electron chi connectivity index (χ4n) is 4.09. The molecule has 3 aromatic rings. The quantitative estimate of drug-likeness (QED) is 0.422. The van der Waals surface area contributed by atoms with E-state index in [-0.39, 0.29) is 0 Å². The van der Waals surface area contributed by atoms with E-state index in [2.05, 4.69) is 80.0 Å². The second-order valence-electron chi connectivity index (χ2n) is 8.05. The van der Waals surface area contributed by atoms with Gasteiger partial charge in [-0.3, -0.25) is 9.89 Å². The number of nitrogens with zero attached hydrogens (tertiary/aromatic N) is 3. The van der Waals surface area contributed by atoms with Crippen LogP contribution in [0.1, 0.15) is 16.9 Å². The molecule has 32 heavy (non-hydrogen) atoms. The van der Waals surface area contributed by atoms with Crippen LogP contribution in [0, 0.1) is 0 Å². The summed E-state index contributed by atoms with van der Waals surface area (Å²) in [6.45, 7) is 6.79. The lowest BCUT2D eigenvalue weighted by Gasteiger charge is -2.36. The van der Waals surface area contributed by atoms with Gasteiger partial charge in [0.2, 0.25) is 0 Å². The number of hydrogen-bond donors (Lipinski definition) is 2. The zero-order valence-corrected chi connectivity index (χ0v) is 18.8. The van der Waals surface area contributed by atoms with Gasteiger partial charge in [-0.2, -0.15) is 0 Å².